The monoisotopic (exact) mass is 281 g/mol. The Morgan fingerprint density at radius 3 is 2.71 bits per heavy atom. The van der Waals surface area contributed by atoms with Crippen molar-refractivity contribution in [3.8, 4) is 0 Å². The topological polar surface area (TPSA) is 63.2 Å². The van der Waals surface area contributed by atoms with Crippen molar-refractivity contribution in [1.82, 2.24) is 10.3 Å². The molecular formula is C10H17Cl2N3O2. The van der Waals surface area contributed by atoms with Crippen molar-refractivity contribution in [2.45, 2.75) is 6.61 Å². The van der Waals surface area contributed by atoms with Crippen LogP contribution in [0.2, 0.25) is 0 Å². The summed E-state index contributed by atoms with van der Waals surface area (Å²) in [5.74, 6) is 0.457. The van der Waals surface area contributed by atoms with Gasteiger partial charge in [0.25, 0.3) is 0 Å². The highest BCUT2D eigenvalue weighted by molar-refractivity contribution is 5.85. The van der Waals surface area contributed by atoms with Crippen LogP contribution < -0.4 is 10.6 Å². The van der Waals surface area contributed by atoms with Crippen LogP contribution >= 0.6 is 24.8 Å². The van der Waals surface area contributed by atoms with Crippen LogP contribution in [0.3, 0.4) is 0 Å². The van der Waals surface area contributed by atoms with E-state index in [2.05, 4.69) is 15.6 Å². The summed E-state index contributed by atoms with van der Waals surface area (Å²) < 4.78 is 5.03. The SMILES string of the molecule is CNCC(=O)OCc1cccnc1NC.Cl.Cl. The van der Waals surface area contributed by atoms with Crippen LogP contribution in [0.5, 0.6) is 0 Å². The van der Waals surface area contributed by atoms with Gasteiger partial charge in [0.1, 0.15) is 12.4 Å². The van der Waals surface area contributed by atoms with Crippen LogP contribution in [-0.4, -0.2) is 31.6 Å². The van der Waals surface area contributed by atoms with Gasteiger partial charge in [-0.3, -0.25) is 4.79 Å². The lowest BCUT2D eigenvalue weighted by molar-refractivity contribution is -0.143. The van der Waals surface area contributed by atoms with Crippen LogP contribution in [0.15, 0.2) is 18.3 Å². The number of carbonyl (C=O) groups is 1. The molecule has 7 heteroatoms. The molecule has 0 bridgehead atoms. The molecule has 0 amide bonds. The number of anilines is 1. The highest BCUT2D eigenvalue weighted by Crippen LogP contribution is 2.11. The summed E-state index contributed by atoms with van der Waals surface area (Å²) in [5, 5.41) is 5.66. The van der Waals surface area contributed by atoms with Gasteiger partial charge in [-0.25, -0.2) is 4.98 Å². The molecule has 1 aromatic heterocycles. The number of hydrogen-bond donors (Lipinski definition) is 2. The zero-order valence-corrected chi connectivity index (χ0v) is 11.4. The molecule has 5 nitrogen and oxygen atoms in total. The Balaban J connectivity index is 0. The van der Waals surface area contributed by atoms with Crippen molar-refractivity contribution < 1.29 is 9.53 Å². The molecule has 2 N–H and O–H groups in total. The van der Waals surface area contributed by atoms with Gasteiger partial charge < -0.3 is 15.4 Å². The fourth-order valence-corrected chi connectivity index (χ4v) is 1.13. The van der Waals surface area contributed by atoms with Gasteiger partial charge in [0, 0.05) is 18.8 Å². The minimum Gasteiger partial charge on any atom is -0.460 e. The first-order valence-electron chi connectivity index (χ1n) is 4.69. The third-order valence-corrected chi connectivity index (χ3v) is 1.84. The van der Waals surface area contributed by atoms with Crippen LogP contribution in [0.25, 0.3) is 0 Å². The fourth-order valence-electron chi connectivity index (χ4n) is 1.13. The van der Waals surface area contributed by atoms with E-state index in [0.717, 1.165) is 11.4 Å². The predicted octanol–water partition coefficient (Wildman–Crippen LogP) is 1.23. The van der Waals surface area contributed by atoms with Gasteiger partial charge in [-0.05, 0) is 13.1 Å². The summed E-state index contributed by atoms with van der Waals surface area (Å²) in [6.45, 7) is 0.458. The Morgan fingerprint density at radius 1 is 1.41 bits per heavy atom. The number of pyridine rings is 1. The second-order valence-electron chi connectivity index (χ2n) is 2.95. The molecule has 1 heterocycles. The number of nitrogens with one attached hydrogen (secondary N) is 2. The minimum absolute atomic E-state index is 0. The number of halogens is 2. The number of ether oxygens (including phenoxy) is 1. The van der Waals surface area contributed by atoms with E-state index in [0.29, 0.717) is 0 Å². The van der Waals surface area contributed by atoms with E-state index in [1.807, 2.05) is 12.1 Å². The number of nitrogens with zero attached hydrogens (tertiary/aromatic N) is 1. The maximum atomic E-state index is 11.1. The first-order valence-corrected chi connectivity index (χ1v) is 4.69. The largest absolute Gasteiger partial charge is 0.460 e. The highest BCUT2D eigenvalue weighted by Gasteiger charge is 2.05. The van der Waals surface area contributed by atoms with Crippen molar-refractivity contribution in [1.29, 1.82) is 0 Å². The van der Waals surface area contributed by atoms with E-state index >= 15 is 0 Å². The second kappa shape index (κ2) is 10.1. The number of likely N-dealkylation sites (N-methyl/N-ethyl adjacent to an activating group) is 1. The third-order valence-electron chi connectivity index (χ3n) is 1.84. The quantitative estimate of drug-likeness (QED) is 0.795. The molecule has 0 aliphatic carbocycles. The highest BCUT2D eigenvalue weighted by atomic mass is 35.5. The molecule has 0 atom stereocenters. The average molecular weight is 282 g/mol. The Kier molecular flexibility index (Phi) is 10.9. The molecule has 0 saturated carbocycles. The second-order valence-corrected chi connectivity index (χ2v) is 2.95. The van der Waals surface area contributed by atoms with E-state index in [-0.39, 0.29) is 43.9 Å². The zero-order valence-electron chi connectivity index (χ0n) is 9.73. The average Bonchev–Trinajstić information content (AvgIpc) is 2.27. The molecule has 0 radical (unpaired) electrons. The van der Waals surface area contributed by atoms with Crippen molar-refractivity contribution in [2.75, 3.05) is 26.0 Å². The summed E-state index contributed by atoms with van der Waals surface area (Å²) in [4.78, 5) is 15.2. The van der Waals surface area contributed by atoms with E-state index in [1.165, 1.54) is 0 Å². The Labute approximate surface area is 113 Å². The van der Waals surface area contributed by atoms with E-state index in [1.54, 1.807) is 20.3 Å². The van der Waals surface area contributed by atoms with Crippen molar-refractivity contribution in [3.05, 3.63) is 23.9 Å². The smallest absolute Gasteiger partial charge is 0.320 e. The molecule has 0 saturated heterocycles. The van der Waals surface area contributed by atoms with Gasteiger partial charge in [0.15, 0.2) is 0 Å². The molecular weight excluding hydrogens is 265 g/mol. The predicted molar refractivity (Wildman–Crippen MR) is 72.0 cm³/mol. The normalized spacial score (nSPS) is 8.59. The number of carbonyl (C=O) groups excluding carboxylic acids is 1. The molecule has 0 aliphatic rings. The molecule has 1 aromatic rings. The number of aromatic nitrogens is 1. The fraction of sp³-hybridized carbons (Fsp3) is 0.400. The summed E-state index contributed by atoms with van der Waals surface area (Å²) in [6.07, 6.45) is 1.69. The summed E-state index contributed by atoms with van der Waals surface area (Å²) in [6, 6.07) is 3.67. The molecule has 0 spiro atoms. The first-order chi connectivity index (χ1) is 7.27. The van der Waals surface area contributed by atoms with Crippen LogP contribution in [0.4, 0.5) is 5.82 Å². The standard InChI is InChI=1S/C10H15N3O2.2ClH/c1-11-6-9(14)15-7-8-4-3-5-13-10(8)12-2;;/h3-5,11H,6-7H2,1-2H3,(H,12,13);2*1H. The van der Waals surface area contributed by atoms with Crippen molar-refractivity contribution in [3.63, 3.8) is 0 Å². The molecule has 98 valence electrons. The summed E-state index contributed by atoms with van der Waals surface area (Å²) in [7, 11) is 3.48. The molecule has 17 heavy (non-hydrogen) atoms. The molecule has 0 unspecified atom stereocenters. The van der Waals surface area contributed by atoms with Gasteiger partial charge in [-0.2, -0.15) is 0 Å². The lowest BCUT2D eigenvalue weighted by atomic mass is 10.3. The van der Waals surface area contributed by atoms with Gasteiger partial charge in [-0.15, -0.1) is 24.8 Å². The van der Waals surface area contributed by atoms with Crippen molar-refractivity contribution in [2.24, 2.45) is 0 Å². The molecule has 0 aliphatic heterocycles. The van der Waals surface area contributed by atoms with Crippen LogP contribution in [0.1, 0.15) is 5.56 Å². The lowest BCUT2D eigenvalue weighted by Crippen LogP contribution is -2.20. The maximum absolute atomic E-state index is 11.1. The number of rotatable bonds is 5. The van der Waals surface area contributed by atoms with E-state index < -0.39 is 0 Å². The first kappa shape index (κ1) is 18.3. The minimum atomic E-state index is -0.275. The van der Waals surface area contributed by atoms with Crippen LogP contribution in [-0.2, 0) is 16.1 Å². The van der Waals surface area contributed by atoms with Gasteiger partial charge in [0.05, 0.1) is 6.54 Å². The van der Waals surface area contributed by atoms with E-state index in [9.17, 15) is 4.79 Å². The van der Waals surface area contributed by atoms with Gasteiger partial charge in [-0.1, -0.05) is 6.07 Å². The van der Waals surface area contributed by atoms with Crippen molar-refractivity contribution >= 4 is 36.6 Å². The molecule has 1 rings (SSSR count). The molecule has 0 aromatic carbocycles. The van der Waals surface area contributed by atoms with E-state index in [4.69, 9.17) is 4.74 Å². The Hall–Kier alpha value is -1.04. The molecule has 0 fully saturated rings. The van der Waals surface area contributed by atoms with Gasteiger partial charge in [0.2, 0.25) is 0 Å². The summed E-state index contributed by atoms with van der Waals surface area (Å²) >= 11 is 0. The number of hydrogen-bond acceptors (Lipinski definition) is 5. The Morgan fingerprint density at radius 2 is 2.12 bits per heavy atom. The maximum Gasteiger partial charge on any atom is 0.320 e. The zero-order chi connectivity index (χ0) is 11.1. The van der Waals surface area contributed by atoms with Gasteiger partial charge >= 0.3 is 5.97 Å². The Bertz CT molecular complexity index is 337. The summed E-state index contributed by atoms with van der Waals surface area (Å²) in [5.41, 5.74) is 0.865. The third kappa shape index (κ3) is 6.31. The number of esters is 1. The van der Waals surface area contributed by atoms with Crippen LogP contribution in [0, 0.1) is 0 Å². The lowest BCUT2D eigenvalue weighted by Gasteiger charge is -2.08.